The largest absolute Gasteiger partial charge is 0.416 e. The van der Waals surface area contributed by atoms with Gasteiger partial charge in [0.25, 0.3) is 0 Å². The molecule has 1 N–H and O–H groups in total. The number of hydrogen-bond acceptors (Lipinski definition) is 2. The van der Waals surface area contributed by atoms with Gasteiger partial charge >= 0.3 is 6.18 Å². The molecule has 1 heterocycles. The van der Waals surface area contributed by atoms with Crippen LogP contribution in [0, 0.1) is 0 Å². The fourth-order valence-electron chi connectivity index (χ4n) is 2.79. The van der Waals surface area contributed by atoms with Crippen molar-refractivity contribution in [2.75, 3.05) is 11.5 Å². The van der Waals surface area contributed by atoms with Crippen LogP contribution in [0.2, 0.25) is 0 Å². The fraction of sp³-hybridized carbons (Fsp3) is 0.571. The molecule has 0 saturated heterocycles. The maximum absolute atomic E-state index is 12.8. The van der Waals surface area contributed by atoms with Crippen molar-refractivity contribution in [2.24, 2.45) is 0 Å². The van der Waals surface area contributed by atoms with Crippen LogP contribution in [-0.4, -0.2) is 23.8 Å². The molecule has 2 rings (SSSR count). The molecule has 19 heavy (non-hydrogen) atoms. The number of fused-ring (bicyclic) bond motifs is 1. The van der Waals surface area contributed by atoms with Crippen LogP contribution in [0.5, 0.6) is 0 Å². The highest BCUT2D eigenvalue weighted by molar-refractivity contribution is 5.62. The Morgan fingerprint density at radius 2 is 2.05 bits per heavy atom. The highest BCUT2D eigenvalue weighted by Crippen LogP contribution is 2.39. The molecule has 1 unspecified atom stereocenters. The van der Waals surface area contributed by atoms with E-state index in [1.165, 1.54) is 6.07 Å². The first-order valence-electron chi connectivity index (χ1n) is 6.44. The lowest BCUT2D eigenvalue weighted by Gasteiger charge is -2.31. The topological polar surface area (TPSA) is 23.5 Å². The van der Waals surface area contributed by atoms with Crippen molar-refractivity contribution in [2.45, 2.75) is 44.9 Å². The van der Waals surface area contributed by atoms with Crippen LogP contribution >= 0.6 is 0 Å². The molecule has 1 aromatic rings. The number of hydrogen-bond donors (Lipinski definition) is 1. The first-order valence-corrected chi connectivity index (χ1v) is 6.44. The summed E-state index contributed by atoms with van der Waals surface area (Å²) in [5, 5.41) is 9.08. The van der Waals surface area contributed by atoms with Crippen molar-refractivity contribution in [1.82, 2.24) is 0 Å². The lowest BCUT2D eigenvalue weighted by Crippen LogP contribution is -2.38. The van der Waals surface area contributed by atoms with Gasteiger partial charge in [-0.1, -0.05) is 6.07 Å². The smallest absolute Gasteiger partial charge is 0.396 e. The lowest BCUT2D eigenvalue weighted by atomic mass is 10.1. The van der Waals surface area contributed by atoms with Gasteiger partial charge in [0.1, 0.15) is 0 Å². The second-order valence-corrected chi connectivity index (χ2v) is 5.21. The minimum atomic E-state index is -4.31. The van der Waals surface area contributed by atoms with E-state index in [1.54, 1.807) is 6.07 Å². The van der Waals surface area contributed by atoms with Gasteiger partial charge in [0.2, 0.25) is 0 Å². The zero-order valence-electron chi connectivity index (χ0n) is 11.0. The summed E-state index contributed by atoms with van der Waals surface area (Å²) in [7, 11) is 0. The van der Waals surface area contributed by atoms with Crippen LogP contribution in [0.15, 0.2) is 18.2 Å². The van der Waals surface area contributed by atoms with Crippen molar-refractivity contribution in [1.29, 1.82) is 0 Å². The van der Waals surface area contributed by atoms with Crippen LogP contribution in [0.4, 0.5) is 18.9 Å². The van der Waals surface area contributed by atoms with E-state index in [-0.39, 0.29) is 18.7 Å². The number of aliphatic hydroxyl groups is 1. The number of benzene rings is 1. The summed E-state index contributed by atoms with van der Waals surface area (Å²) in [5.41, 5.74) is 0.977. The SMILES string of the molecule is CC(C)N1c2cc(C(F)(F)F)ccc2CC1CCO. The molecule has 0 radical (unpaired) electrons. The van der Waals surface area contributed by atoms with Crippen LogP contribution in [0.3, 0.4) is 0 Å². The molecule has 0 fully saturated rings. The summed E-state index contributed by atoms with van der Waals surface area (Å²) in [5.74, 6) is 0. The molecule has 0 amide bonds. The molecule has 1 atom stereocenters. The molecule has 1 aliphatic heterocycles. The standard InChI is InChI=1S/C14H18F3NO/c1-9(2)18-12(5-6-19)7-10-3-4-11(8-13(10)18)14(15,16)17/h3-4,8-9,12,19H,5-7H2,1-2H3. The van der Waals surface area contributed by atoms with E-state index in [1.807, 2.05) is 18.7 Å². The second kappa shape index (κ2) is 5.04. The van der Waals surface area contributed by atoms with Gasteiger partial charge in [0, 0.05) is 24.4 Å². The van der Waals surface area contributed by atoms with Crippen molar-refractivity contribution < 1.29 is 18.3 Å². The number of anilines is 1. The van der Waals surface area contributed by atoms with Gasteiger partial charge in [0.05, 0.1) is 5.56 Å². The van der Waals surface area contributed by atoms with Gasteiger partial charge in [-0.2, -0.15) is 13.2 Å². The van der Waals surface area contributed by atoms with Crippen LogP contribution in [0.1, 0.15) is 31.4 Å². The molecule has 2 nitrogen and oxygen atoms in total. The molecule has 106 valence electrons. The lowest BCUT2D eigenvalue weighted by molar-refractivity contribution is -0.137. The Hall–Kier alpha value is -1.23. The van der Waals surface area contributed by atoms with Crippen molar-refractivity contribution in [3.63, 3.8) is 0 Å². The second-order valence-electron chi connectivity index (χ2n) is 5.21. The Bertz CT molecular complexity index is 456. The van der Waals surface area contributed by atoms with Crippen molar-refractivity contribution in [3.8, 4) is 0 Å². The van der Waals surface area contributed by atoms with E-state index in [2.05, 4.69) is 0 Å². The van der Waals surface area contributed by atoms with E-state index < -0.39 is 11.7 Å². The van der Waals surface area contributed by atoms with Gasteiger partial charge < -0.3 is 10.0 Å². The Labute approximate surface area is 110 Å². The average Bonchev–Trinajstić information content (AvgIpc) is 2.65. The summed E-state index contributed by atoms with van der Waals surface area (Å²) >= 11 is 0. The van der Waals surface area contributed by atoms with E-state index >= 15 is 0 Å². The quantitative estimate of drug-likeness (QED) is 0.914. The van der Waals surface area contributed by atoms with Crippen LogP contribution in [0.25, 0.3) is 0 Å². The van der Waals surface area contributed by atoms with Crippen molar-refractivity contribution >= 4 is 5.69 Å². The van der Waals surface area contributed by atoms with Crippen molar-refractivity contribution in [3.05, 3.63) is 29.3 Å². The van der Waals surface area contributed by atoms with Crippen LogP contribution in [-0.2, 0) is 12.6 Å². The van der Waals surface area contributed by atoms with Gasteiger partial charge in [0.15, 0.2) is 0 Å². The highest BCUT2D eigenvalue weighted by Gasteiger charge is 2.35. The average molecular weight is 273 g/mol. The predicted molar refractivity (Wildman–Crippen MR) is 68.3 cm³/mol. The predicted octanol–water partition coefficient (Wildman–Crippen LogP) is 3.23. The van der Waals surface area contributed by atoms with Gasteiger partial charge in [-0.3, -0.25) is 0 Å². The fourth-order valence-corrected chi connectivity index (χ4v) is 2.79. The highest BCUT2D eigenvalue weighted by atomic mass is 19.4. The molecule has 0 saturated carbocycles. The minimum absolute atomic E-state index is 0.0496. The molecule has 1 aromatic carbocycles. The summed E-state index contributed by atoms with van der Waals surface area (Å²) in [6.45, 7) is 3.97. The molecular weight excluding hydrogens is 255 g/mol. The number of rotatable bonds is 3. The summed E-state index contributed by atoms with van der Waals surface area (Å²) in [4.78, 5) is 1.99. The third-order valence-corrected chi connectivity index (χ3v) is 3.56. The number of halogens is 3. The monoisotopic (exact) mass is 273 g/mol. The Morgan fingerprint density at radius 3 is 2.58 bits per heavy atom. The maximum Gasteiger partial charge on any atom is 0.416 e. The normalized spacial score (nSPS) is 19.1. The maximum atomic E-state index is 12.8. The Morgan fingerprint density at radius 1 is 1.37 bits per heavy atom. The third-order valence-electron chi connectivity index (χ3n) is 3.56. The molecule has 0 aromatic heterocycles. The van der Waals surface area contributed by atoms with Gasteiger partial charge in [-0.15, -0.1) is 0 Å². The van der Waals surface area contributed by atoms with Crippen LogP contribution < -0.4 is 4.90 Å². The molecule has 0 aliphatic carbocycles. The number of alkyl halides is 3. The first-order chi connectivity index (χ1) is 8.84. The zero-order valence-corrected chi connectivity index (χ0v) is 11.0. The van der Waals surface area contributed by atoms with E-state index in [4.69, 9.17) is 5.11 Å². The molecular formula is C14H18F3NO. The van der Waals surface area contributed by atoms with E-state index in [9.17, 15) is 13.2 Å². The zero-order chi connectivity index (χ0) is 14.2. The molecule has 0 bridgehead atoms. The number of nitrogens with zero attached hydrogens (tertiary/aromatic N) is 1. The third kappa shape index (κ3) is 2.71. The Kier molecular flexibility index (Phi) is 3.76. The molecule has 1 aliphatic rings. The van der Waals surface area contributed by atoms with Gasteiger partial charge in [-0.05, 0) is 44.4 Å². The summed E-state index contributed by atoms with van der Waals surface area (Å²) in [6, 6.07) is 4.13. The van der Waals surface area contributed by atoms with E-state index in [0.29, 0.717) is 18.5 Å². The Balaban J connectivity index is 2.40. The first kappa shape index (κ1) is 14.2. The van der Waals surface area contributed by atoms with Gasteiger partial charge in [-0.25, -0.2) is 0 Å². The van der Waals surface area contributed by atoms with E-state index in [0.717, 1.165) is 11.6 Å². The number of aliphatic hydroxyl groups excluding tert-OH is 1. The summed E-state index contributed by atoms with van der Waals surface area (Å²) in [6.07, 6.45) is -3.03. The summed E-state index contributed by atoms with van der Waals surface area (Å²) < 4.78 is 38.3. The minimum Gasteiger partial charge on any atom is -0.396 e. The molecule has 5 heteroatoms. The molecule has 0 spiro atoms.